The van der Waals surface area contributed by atoms with Gasteiger partial charge in [-0.3, -0.25) is 4.79 Å². The topological polar surface area (TPSA) is 75.7 Å². The molecule has 0 aromatic heterocycles. The molecule has 6 nitrogen and oxygen atoms in total. The number of amides is 1. The summed E-state index contributed by atoms with van der Waals surface area (Å²) < 4.78 is 34.5. The lowest BCUT2D eigenvalue weighted by Crippen LogP contribution is -2.38. The molecule has 1 aliphatic heterocycles. The van der Waals surface area contributed by atoms with Crippen molar-refractivity contribution < 1.29 is 17.9 Å². The molecule has 1 aliphatic carbocycles. The molecule has 1 heterocycles. The van der Waals surface area contributed by atoms with Gasteiger partial charge in [-0.15, -0.1) is 0 Å². The van der Waals surface area contributed by atoms with Crippen LogP contribution in [0.3, 0.4) is 0 Å². The van der Waals surface area contributed by atoms with Gasteiger partial charge in [-0.1, -0.05) is 25.1 Å². The SMILES string of the molecule is COc1ccc(S(=O)(=O)N[C@@H](C)c2ccc3c(c2)CCC3)cc1C(=O)N1CCC(C)CC1. The van der Waals surface area contributed by atoms with Crippen molar-refractivity contribution >= 4 is 15.9 Å². The zero-order chi connectivity index (χ0) is 22.9. The first-order chi connectivity index (χ1) is 15.3. The highest BCUT2D eigenvalue weighted by Gasteiger charge is 2.27. The number of fused-ring (bicyclic) bond motifs is 1. The van der Waals surface area contributed by atoms with Gasteiger partial charge in [0.05, 0.1) is 17.6 Å². The Morgan fingerprint density at radius 3 is 2.53 bits per heavy atom. The number of hydrogen-bond acceptors (Lipinski definition) is 4. The summed E-state index contributed by atoms with van der Waals surface area (Å²) in [4.78, 5) is 15.0. The molecule has 0 radical (unpaired) electrons. The zero-order valence-corrected chi connectivity index (χ0v) is 19.9. The fourth-order valence-corrected chi connectivity index (χ4v) is 5.89. The van der Waals surface area contributed by atoms with Crippen LogP contribution in [0, 0.1) is 5.92 Å². The van der Waals surface area contributed by atoms with Crippen LogP contribution in [0.15, 0.2) is 41.3 Å². The van der Waals surface area contributed by atoms with E-state index < -0.39 is 10.0 Å². The third-order valence-electron chi connectivity index (χ3n) is 6.74. The molecule has 2 aliphatic rings. The van der Waals surface area contributed by atoms with Crippen molar-refractivity contribution in [3.05, 3.63) is 58.7 Å². The van der Waals surface area contributed by atoms with Crippen molar-refractivity contribution in [2.24, 2.45) is 5.92 Å². The number of hydrogen-bond donors (Lipinski definition) is 1. The third kappa shape index (κ3) is 4.69. The summed E-state index contributed by atoms with van der Waals surface area (Å²) in [6.07, 6.45) is 5.19. The lowest BCUT2D eigenvalue weighted by atomic mass is 9.98. The summed E-state index contributed by atoms with van der Waals surface area (Å²) in [5, 5.41) is 0. The number of likely N-dealkylation sites (tertiary alicyclic amines) is 1. The molecule has 2 aromatic rings. The monoisotopic (exact) mass is 456 g/mol. The van der Waals surface area contributed by atoms with Crippen LogP contribution in [0.2, 0.25) is 0 Å². The summed E-state index contributed by atoms with van der Waals surface area (Å²) >= 11 is 0. The first-order valence-electron chi connectivity index (χ1n) is 11.4. The van der Waals surface area contributed by atoms with E-state index in [4.69, 9.17) is 4.74 Å². The van der Waals surface area contributed by atoms with E-state index in [0.29, 0.717) is 24.8 Å². The summed E-state index contributed by atoms with van der Waals surface area (Å²) in [6, 6.07) is 10.3. The molecule has 0 saturated carbocycles. The van der Waals surface area contributed by atoms with E-state index in [2.05, 4.69) is 23.8 Å². The maximum atomic E-state index is 13.2. The van der Waals surface area contributed by atoms with Crippen LogP contribution in [0.5, 0.6) is 5.75 Å². The molecule has 4 rings (SSSR count). The van der Waals surface area contributed by atoms with E-state index in [9.17, 15) is 13.2 Å². The molecule has 7 heteroatoms. The lowest BCUT2D eigenvalue weighted by molar-refractivity contribution is 0.0693. The predicted octanol–water partition coefficient (Wildman–Crippen LogP) is 4.10. The van der Waals surface area contributed by atoms with Gasteiger partial charge in [-0.2, -0.15) is 0 Å². The van der Waals surface area contributed by atoms with Gasteiger partial charge < -0.3 is 9.64 Å². The standard InChI is InChI=1S/C25H32N2O4S/c1-17-11-13-27(14-12-17)25(28)23-16-22(9-10-24(23)31-3)32(29,30)26-18(2)20-8-7-19-5-4-6-21(19)15-20/h7-10,15-18,26H,4-6,11-14H2,1-3H3/t18-/m0/s1. The number of aryl methyl sites for hydroxylation is 2. The average molecular weight is 457 g/mol. The van der Waals surface area contributed by atoms with Gasteiger partial charge in [-0.25, -0.2) is 13.1 Å². The second-order valence-electron chi connectivity index (χ2n) is 9.06. The fraction of sp³-hybridized carbons (Fsp3) is 0.480. The highest BCUT2D eigenvalue weighted by atomic mass is 32.2. The Labute approximate surface area is 191 Å². The molecule has 172 valence electrons. The fourth-order valence-electron chi connectivity index (χ4n) is 4.63. The molecular formula is C25H32N2O4S. The number of carbonyl (C=O) groups is 1. The summed E-state index contributed by atoms with van der Waals surface area (Å²) in [7, 11) is -2.33. The first kappa shape index (κ1) is 22.8. The minimum Gasteiger partial charge on any atom is -0.496 e. The van der Waals surface area contributed by atoms with Crippen LogP contribution < -0.4 is 9.46 Å². The smallest absolute Gasteiger partial charge is 0.257 e. The van der Waals surface area contributed by atoms with Crippen molar-refractivity contribution in [2.45, 2.75) is 56.9 Å². The van der Waals surface area contributed by atoms with Crippen molar-refractivity contribution in [1.29, 1.82) is 0 Å². The summed E-state index contributed by atoms with van der Waals surface area (Å²) in [5.74, 6) is 0.800. The van der Waals surface area contributed by atoms with Gasteiger partial charge in [0, 0.05) is 19.1 Å². The zero-order valence-electron chi connectivity index (χ0n) is 19.1. The number of sulfonamides is 1. The van der Waals surface area contributed by atoms with Gasteiger partial charge in [-0.05, 0) is 79.8 Å². The molecule has 1 fully saturated rings. The van der Waals surface area contributed by atoms with E-state index >= 15 is 0 Å². The second-order valence-corrected chi connectivity index (χ2v) is 10.8. The molecule has 0 unspecified atom stereocenters. The minimum absolute atomic E-state index is 0.0695. The Kier molecular flexibility index (Phi) is 6.58. The Morgan fingerprint density at radius 1 is 1.09 bits per heavy atom. The van der Waals surface area contributed by atoms with Gasteiger partial charge in [0.1, 0.15) is 5.75 Å². The van der Waals surface area contributed by atoms with E-state index in [-0.39, 0.29) is 22.4 Å². The number of nitrogens with zero attached hydrogens (tertiary/aromatic N) is 1. The van der Waals surface area contributed by atoms with Crippen molar-refractivity contribution in [1.82, 2.24) is 9.62 Å². The van der Waals surface area contributed by atoms with Crippen LogP contribution in [-0.4, -0.2) is 39.4 Å². The first-order valence-corrected chi connectivity index (χ1v) is 12.9. The normalized spacial score (nSPS) is 17.8. The minimum atomic E-state index is -3.82. The molecule has 0 spiro atoms. The van der Waals surface area contributed by atoms with E-state index in [1.54, 1.807) is 11.0 Å². The quantitative estimate of drug-likeness (QED) is 0.710. The number of nitrogens with one attached hydrogen (secondary N) is 1. The number of piperidine rings is 1. The number of benzene rings is 2. The van der Waals surface area contributed by atoms with Crippen molar-refractivity contribution in [3.63, 3.8) is 0 Å². The van der Waals surface area contributed by atoms with Crippen LogP contribution in [0.1, 0.15) is 66.2 Å². The van der Waals surface area contributed by atoms with Crippen LogP contribution in [0.4, 0.5) is 0 Å². The van der Waals surface area contributed by atoms with Crippen molar-refractivity contribution in [3.8, 4) is 5.75 Å². The number of ether oxygens (including phenoxy) is 1. The van der Waals surface area contributed by atoms with Crippen LogP contribution in [0.25, 0.3) is 0 Å². The lowest BCUT2D eigenvalue weighted by Gasteiger charge is -2.30. The molecule has 1 saturated heterocycles. The van der Waals surface area contributed by atoms with E-state index in [1.165, 1.54) is 30.4 Å². The summed E-state index contributed by atoms with van der Waals surface area (Å²) in [6.45, 7) is 5.38. The molecule has 32 heavy (non-hydrogen) atoms. The van der Waals surface area contributed by atoms with Gasteiger partial charge in [0.2, 0.25) is 10.0 Å². The predicted molar refractivity (Wildman–Crippen MR) is 124 cm³/mol. The van der Waals surface area contributed by atoms with Crippen molar-refractivity contribution in [2.75, 3.05) is 20.2 Å². The third-order valence-corrected chi connectivity index (χ3v) is 8.28. The highest BCUT2D eigenvalue weighted by Crippen LogP contribution is 2.29. The Hall–Kier alpha value is -2.38. The number of methoxy groups -OCH3 is 1. The Bertz CT molecular complexity index is 1100. The van der Waals surface area contributed by atoms with E-state index in [1.807, 2.05) is 13.0 Å². The van der Waals surface area contributed by atoms with Gasteiger partial charge >= 0.3 is 0 Å². The maximum Gasteiger partial charge on any atom is 0.257 e. The molecule has 0 bridgehead atoms. The second kappa shape index (κ2) is 9.24. The average Bonchev–Trinajstić information content (AvgIpc) is 3.26. The largest absolute Gasteiger partial charge is 0.496 e. The molecule has 2 aromatic carbocycles. The summed E-state index contributed by atoms with van der Waals surface area (Å²) in [5.41, 5.74) is 3.90. The molecule has 1 amide bonds. The molecule has 1 N–H and O–H groups in total. The molecule has 1 atom stereocenters. The Balaban J connectivity index is 1.56. The number of carbonyl (C=O) groups excluding carboxylic acids is 1. The Morgan fingerprint density at radius 2 is 1.81 bits per heavy atom. The maximum absolute atomic E-state index is 13.2. The van der Waals surface area contributed by atoms with Crippen LogP contribution in [-0.2, 0) is 22.9 Å². The van der Waals surface area contributed by atoms with Crippen LogP contribution >= 0.6 is 0 Å². The van der Waals surface area contributed by atoms with E-state index in [0.717, 1.165) is 37.7 Å². The van der Waals surface area contributed by atoms with Gasteiger partial charge in [0.15, 0.2) is 0 Å². The number of rotatable bonds is 6. The molecular weight excluding hydrogens is 424 g/mol. The van der Waals surface area contributed by atoms with Gasteiger partial charge in [0.25, 0.3) is 5.91 Å². The highest BCUT2D eigenvalue weighted by molar-refractivity contribution is 7.89.